The number of nitrogens with zero attached hydrogens (tertiary/aromatic N) is 4. The molecule has 30 heavy (non-hydrogen) atoms. The summed E-state index contributed by atoms with van der Waals surface area (Å²) in [5, 5.41) is 11.1. The zero-order valence-electron chi connectivity index (χ0n) is 16.4. The fourth-order valence-electron chi connectivity index (χ4n) is 2.90. The van der Waals surface area contributed by atoms with Gasteiger partial charge in [-0.1, -0.05) is 42.5 Å². The van der Waals surface area contributed by atoms with Crippen LogP contribution in [0.4, 0.5) is 5.69 Å². The molecule has 0 fully saturated rings. The molecule has 152 valence electrons. The molecule has 0 bridgehead atoms. The van der Waals surface area contributed by atoms with Crippen LogP contribution in [0.3, 0.4) is 0 Å². The lowest BCUT2D eigenvalue weighted by Gasteiger charge is -2.07. The molecule has 0 aliphatic rings. The lowest BCUT2D eigenvalue weighted by atomic mass is 10.1. The Morgan fingerprint density at radius 1 is 0.967 bits per heavy atom. The number of methoxy groups -OCH3 is 1. The highest BCUT2D eigenvalue weighted by molar-refractivity contribution is 6.02. The van der Waals surface area contributed by atoms with Crippen LogP contribution >= 0.6 is 0 Å². The monoisotopic (exact) mass is 403 g/mol. The number of amides is 1. The Morgan fingerprint density at radius 3 is 2.50 bits per heavy atom. The fraction of sp³-hybridized carbons (Fsp3) is 0.136. The summed E-state index contributed by atoms with van der Waals surface area (Å²) in [5.41, 5.74) is 3.13. The Balaban J connectivity index is 1.32. The van der Waals surface area contributed by atoms with Crippen molar-refractivity contribution in [2.24, 2.45) is 0 Å². The minimum atomic E-state index is -0.321. The van der Waals surface area contributed by atoms with E-state index >= 15 is 0 Å². The second-order valence-corrected chi connectivity index (χ2v) is 6.54. The Morgan fingerprint density at radius 2 is 1.73 bits per heavy atom. The predicted octanol–water partition coefficient (Wildman–Crippen LogP) is 3.64. The van der Waals surface area contributed by atoms with Crippen LogP contribution < -0.4 is 10.1 Å². The highest BCUT2D eigenvalue weighted by Gasteiger charge is 2.11. The van der Waals surface area contributed by atoms with E-state index in [1.807, 2.05) is 42.5 Å². The van der Waals surface area contributed by atoms with Crippen molar-refractivity contribution >= 4 is 11.6 Å². The molecular weight excluding hydrogens is 382 g/mol. The third kappa shape index (κ3) is 4.73. The van der Waals surface area contributed by atoms with Gasteiger partial charge in [0.2, 0.25) is 0 Å². The largest absolute Gasteiger partial charge is 0.471 e. The molecule has 2 aromatic carbocycles. The summed E-state index contributed by atoms with van der Waals surface area (Å²) in [4.78, 5) is 12.3. The third-order valence-corrected chi connectivity index (χ3v) is 4.35. The first-order chi connectivity index (χ1) is 14.7. The fourth-order valence-corrected chi connectivity index (χ4v) is 2.90. The normalized spacial score (nSPS) is 10.7. The van der Waals surface area contributed by atoms with E-state index in [1.54, 1.807) is 41.1 Å². The molecule has 2 aromatic heterocycles. The van der Waals surface area contributed by atoms with E-state index < -0.39 is 0 Å². The highest BCUT2D eigenvalue weighted by atomic mass is 16.5. The van der Waals surface area contributed by atoms with E-state index in [4.69, 9.17) is 9.47 Å². The molecule has 8 heteroatoms. The van der Waals surface area contributed by atoms with Crippen LogP contribution in [0, 0.1) is 0 Å². The average molecular weight is 403 g/mol. The van der Waals surface area contributed by atoms with E-state index in [9.17, 15) is 4.79 Å². The maximum atomic E-state index is 12.3. The van der Waals surface area contributed by atoms with Crippen molar-refractivity contribution < 1.29 is 14.3 Å². The van der Waals surface area contributed by atoms with Gasteiger partial charge in [-0.15, -0.1) is 0 Å². The number of carbonyl (C=O) groups excluding carboxylic acids is 1. The summed E-state index contributed by atoms with van der Waals surface area (Å²) in [6, 6.07) is 19.6. The number of benzene rings is 2. The number of aromatic nitrogens is 4. The zero-order valence-corrected chi connectivity index (χ0v) is 16.4. The zero-order chi connectivity index (χ0) is 20.8. The first-order valence-electron chi connectivity index (χ1n) is 9.36. The summed E-state index contributed by atoms with van der Waals surface area (Å²) in [5.74, 6) is 0.402. The number of hydrogen-bond donors (Lipinski definition) is 1. The van der Waals surface area contributed by atoms with Crippen LogP contribution in [0.5, 0.6) is 5.75 Å². The van der Waals surface area contributed by atoms with E-state index in [0.29, 0.717) is 12.4 Å². The highest BCUT2D eigenvalue weighted by Crippen LogP contribution is 2.22. The molecule has 0 atom stereocenters. The molecule has 1 amide bonds. The van der Waals surface area contributed by atoms with Crippen molar-refractivity contribution in [1.29, 1.82) is 0 Å². The Labute approximate surface area is 173 Å². The van der Waals surface area contributed by atoms with Gasteiger partial charge < -0.3 is 14.8 Å². The van der Waals surface area contributed by atoms with Gasteiger partial charge in [-0.05, 0) is 29.3 Å². The van der Waals surface area contributed by atoms with Crippen LogP contribution in [0.2, 0.25) is 0 Å². The van der Waals surface area contributed by atoms with Crippen molar-refractivity contribution in [1.82, 2.24) is 19.6 Å². The maximum absolute atomic E-state index is 12.3. The van der Waals surface area contributed by atoms with Crippen LogP contribution in [-0.2, 0) is 18.2 Å². The summed E-state index contributed by atoms with van der Waals surface area (Å²) in [6.07, 6.45) is 4.93. The quantitative estimate of drug-likeness (QED) is 0.486. The van der Waals surface area contributed by atoms with Crippen LogP contribution in [-0.4, -0.2) is 32.6 Å². The van der Waals surface area contributed by atoms with Crippen molar-refractivity contribution in [3.8, 4) is 16.9 Å². The number of rotatable bonds is 8. The van der Waals surface area contributed by atoms with Gasteiger partial charge in [-0.2, -0.15) is 10.2 Å². The molecule has 2 heterocycles. The smallest absolute Gasteiger partial charge is 0.276 e. The van der Waals surface area contributed by atoms with E-state index in [2.05, 4.69) is 27.6 Å². The first-order valence-corrected chi connectivity index (χ1v) is 9.36. The van der Waals surface area contributed by atoms with Crippen molar-refractivity contribution in [3.05, 3.63) is 84.9 Å². The van der Waals surface area contributed by atoms with Crippen molar-refractivity contribution in [3.63, 3.8) is 0 Å². The summed E-state index contributed by atoms with van der Waals surface area (Å²) >= 11 is 0. The molecular formula is C22H21N5O3. The maximum Gasteiger partial charge on any atom is 0.276 e. The van der Waals surface area contributed by atoms with Gasteiger partial charge in [-0.25, -0.2) is 9.36 Å². The second kappa shape index (κ2) is 9.06. The van der Waals surface area contributed by atoms with Gasteiger partial charge in [-0.3, -0.25) is 4.79 Å². The molecule has 0 aliphatic heterocycles. The molecule has 4 rings (SSSR count). The number of hydrogen-bond acceptors (Lipinski definition) is 5. The van der Waals surface area contributed by atoms with Gasteiger partial charge in [0.15, 0.2) is 12.4 Å². The average Bonchev–Trinajstić information content (AvgIpc) is 3.43. The minimum Gasteiger partial charge on any atom is -0.471 e. The lowest BCUT2D eigenvalue weighted by molar-refractivity contribution is 0.102. The Bertz CT molecular complexity index is 1100. The van der Waals surface area contributed by atoms with Crippen molar-refractivity contribution in [2.45, 2.75) is 13.5 Å². The molecule has 0 aliphatic carbocycles. The second-order valence-electron chi connectivity index (χ2n) is 6.54. The van der Waals surface area contributed by atoms with E-state index in [-0.39, 0.29) is 18.3 Å². The lowest BCUT2D eigenvalue weighted by Crippen LogP contribution is -2.14. The molecule has 1 N–H and O–H groups in total. The van der Waals surface area contributed by atoms with Gasteiger partial charge in [0.25, 0.3) is 5.91 Å². The van der Waals surface area contributed by atoms with E-state index in [1.165, 1.54) is 0 Å². The van der Waals surface area contributed by atoms with Gasteiger partial charge >= 0.3 is 0 Å². The molecule has 0 unspecified atom stereocenters. The Kier molecular flexibility index (Phi) is 5.86. The van der Waals surface area contributed by atoms with Gasteiger partial charge in [0.1, 0.15) is 12.5 Å². The number of nitrogens with one attached hydrogen (secondary N) is 1. The van der Waals surface area contributed by atoms with E-state index in [0.717, 1.165) is 16.9 Å². The SMILES string of the molecule is COCn1cc(NC(=O)c2ccn(COc3ccc(-c4ccccc4)cc3)n2)cn1. The predicted molar refractivity (Wildman–Crippen MR) is 112 cm³/mol. The van der Waals surface area contributed by atoms with Crippen LogP contribution in [0.15, 0.2) is 79.3 Å². The molecule has 8 nitrogen and oxygen atoms in total. The number of anilines is 1. The Hall–Kier alpha value is -3.91. The number of ether oxygens (including phenoxy) is 2. The van der Waals surface area contributed by atoms with Crippen LogP contribution in [0.25, 0.3) is 11.1 Å². The summed E-state index contributed by atoms with van der Waals surface area (Å²) in [6.45, 7) is 0.512. The first kappa shape index (κ1) is 19.4. The van der Waals surface area contributed by atoms with Gasteiger partial charge in [0, 0.05) is 13.3 Å². The van der Waals surface area contributed by atoms with Crippen LogP contribution in [0.1, 0.15) is 10.5 Å². The molecule has 0 radical (unpaired) electrons. The summed E-state index contributed by atoms with van der Waals surface area (Å²) in [7, 11) is 1.58. The number of carbonyl (C=O) groups is 1. The van der Waals surface area contributed by atoms with Crippen molar-refractivity contribution in [2.75, 3.05) is 12.4 Å². The minimum absolute atomic E-state index is 0.198. The van der Waals surface area contributed by atoms with Gasteiger partial charge in [0.05, 0.1) is 18.1 Å². The topological polar surface area (TPSA) is 83.2 Å². The molecule has 0 spiro atoms. The summed E-state index contributed by atoms with van der Waals surface area (Å²) < 4.78 is 13.9. The third-order valence-electron chi connectivity index (χ3n) is 4.35. The standard InChI is InChI=1S/C22H21N5O3/c1-29-15-27-14-19(13-23-27)24-22(28)21-11-12-26(25-21)16-30-20-9-7-18(8-10-20)17-5-3-2-4-6-17/h2-14H,15-16H2,1H3,(H,24,28). The molecule has 0 saturated carbocycles. The molecule has 0 saturated heterocycles. The molecule has 4 aromatic rings.